The van der Waals surface area contributed by atoms with Gasteiger partial charge in [-0.05, 0) is 35.9 Å². The van der Waals surface area contributed by atoms with E-state index < -0.39 is 4.92 Å². The second-order valence-electron chi connectivity index (χ2n) is 5.42. The van der Waals surface area contributed by atoms with Crippen molar-refractivity contribution in [3.8, 4) is 0 Å². The first kappa shape index (κ1) is 16.4. The fraction of sp³-hybridized carbons (Fsp3) is 0.111. The van der Waals surface area contributed by atoms with Crippen LogP contribution in [-0.4, -0.2) is 26.8 Å². The van der Waals surface area contributed by atoms with Gasteiger partial charge in [-0.2, -0.15) is 0 Å². The van der Waals surface area contributed by atoms with Crippen LogP contribution in [0.4, 0.5) is 5.69 Å². The molecule has 7 heteroatoms. The van der Waals surface area contributed by atoms with E-state index in [-0.39, 0.29) is 11.6 Å². The van der Waals surface area contributed by atoms with Gasteiger partial charge in [0.1, 0.15) is 5.65 Å². The van der Waals surface area contributed by atoms with Crippen molar-refractivity contribution >= 4 is 23.3 Å². The maximum Gasteiger partial charge on any atom is 0.269 e. The Balaban J connectivity index is 1.49. The van der Waals surface area contributed by atoms with Gasteiger partial charge in [0.2, 0.25) is 5.91 Å². The SMILES string of the molecule is O=C(/C=C/c1ccc([N+](=O)[O-])cc1)NCCc1cn2ccccc2n1. The molecule has 7 nitrogen and oxygen atoms in total. The molecule has 1 aromatic carbocycles. The summed E-state index contributed by atoms with van der Waals surface area (Å²) in [5.74, 6) is -0.220. The molecule has 126 valence electrons. The van der Waals surface area contributed by atoms with Crippen LogP contribution in [0.1, 0.15) is 11.3 Å². The molecule has 0 saturated heterocycles. The largest absolute Gasteiger partial charge is 0.352 e. The highest BCUT2D eigenvalue weighted by atomic mass is 16.6. The average molecular weight is 336 g/mol. The monoisotopic (exact) mass is 336 g/mol. The fourth-order valence-electron chi connectivity index (χ4n) is 2.36. The van der Waals surface area contributed by atoms with E-state index in [1.807, 2.05) is 35.0 Å². The first-order chi connectivity index (χ1) is 12.1. The lowest BCUT2D eigenvalue weighted by Crippen LogP contribution is -2.23. The number of rotatable bonds is 6. The number of nitrogens with one attached hydrogen (secondary N) is 1. The first-order valence-electron chi connectivity index (χ1n) is 7.75. The fourth-order valence-corrected chi connectivity index (χ4v) is 2.36. The summed E-state index contributed by atoms with van der Waals surface area (Å²) in [6.45, 7) is 0.479. The van der Waals surface area contributed by atoms with E-state index in [9.17, 15) is 14.9 Å². The van der Waals surface area contributed by atoms with Gasteiger partial charge in [-0.15, -0.1) is 0 Å². The molecular weight excluding hydrogens is 320 g/mol. The quantitative estimate of drug-likeness (QED) is 0.426. The molecule has 0 saturated carbocycles. The van der Waals surface area contributed by atoms with Crippen LogP contribution in [0.2, 0.25) is 0 Å². The summed E-state index contributed by atoms with van der Waals surface area (Å²) in [7, 11) is 0. The second kappa shape index (κ2) is 7.39. The molecule has 25 heavy (non-hydrogen) atoms. The number of carbonyl (C=O) groups is 1. The normalized spacial score (nSPS) is 11.0. The Labute approximate surface area is 143 Å². The number of amides is 1. The molecular formula is C18H16N4O3. The molecule has 0 aliphatic carbocycles. The summed E-state index contributed by atoms with van der Waals surface area (Å²) < 4.78 is 1.94. The summed E-state index contributed by atoms with van der Waals surface area (Å²) in [5, 5.41) is 13.4. The van der Waals surface area contributed by atoms with Gasteiger partial charge in [0.05, 0.1) is 10.6 Å². The summed E-state index contributed by atoms with van der Waals surface area (Å²) >= 11 is 0. The predicted octanol–water partition coefficient (Wildman–Crippen LogP) is 2.61. The topological polar surface area (TPSA) is 89.5 Å². The molecule has 1 amide bonds. The van der Waals surface area contributed by atoms with Crippen molar-refractivity contribution in [2.75, 3.05) is 6.54 Å². The number of non-ortho nitro benzene ring substituents is 1. The highest BCUT2D eigenvalue weighted by Gasteiger charge is 2.03. The molecule has 0 unspecified atom stereocenters. The number of carbonyl (C=O) groups excluding carboxylic acids is 1. The number of aromatic nitrogens is 2. The van der Waals surface area contributed by atoms with Gasteiger partial charge in [0.15, 0.2) is 0 Å². The number of nitro benzene ring substituents is 1. The molecule has 0 aliphatic rings. The Morgan fingerprint density at radius 1 is 1.24 bits per heavy atom. The molecule has 0 fully saturated rings. The minimum Gasteiger partial charge on any atom is -0.352 e. The van der Waals surface area contributed by atoms with Crippen molar-refractivity contribution in [1.82, 2.24) is 14.7 Å². The molecule has 0 spiro atoms. The number of nitrogens with zero attached hydrogens (tertiary/aromatic N) is 3. The van der Waals surface area contributed by atoms with Crippen molar-refractivity contribution in [3.05, 3.63) is 82.3 Å². The predicted molar refractivity (Wildman–Crippen MR) is 94.0 cm³/mol. The van der Waals surface area contributed by atoms with Crippen molar-refractivity contribution in [1.29, 1.82) is 0 Å². The van der Waals surface area contributed by atoms with E-state index in [4.69, 9.17) is 0 Å². The van der Waals surface area contributed by atoms with Crippen molar-refractivity contribution in [2.45, 2.75) is 6.42 Å². The maximum absolute atomic E-state index is 11.8. The summed E-state index contributed by atoms with van der Waals surface area (Å²) in [6.07, 6.45) is 7.53. The lowest BCUT2D eigenvalue weighted by Gasteiger charge is -1.99. The Morgan fingerprint density at radius 3 is 2.76 bits per heavy atom. The number of hydrogen-bond donors (Lipinski definition) is 1. The van der Waals surface area contributed by atoms with Crippen LogP contribution in [0.5, 0.6) is 0 Å². The molecule has 1 N–H and O–H groups in total. The molecule has 0 radical (unpaired) electrons. The van der Waals surface area contributed by atoms with E-state index in [0.717, 1.165) is 16.9 Å². The van der Waals surface area contributed by atoms with Crippen LogP contribution >= 0.6 is 0 Å². The van der Waals surface area contributed by atoms with Crippen LogP contribution in [0.25, 0.3) is 11.7 Å². The van der Waals surface area contributed by atoms with Gasteiger partial charge >= 0.3 is 0 Å². The molecule has 3 rings (SSSR count). The zero-order valence-corrected chi connectivity index (χ0v) is 13.3. The number of hydrogen-bond acceptors (Lipinski definition) is 4. The Hall–Kier alpha value is -3.48. The van der Waals surface area contributed by atoms with Crippen LogP contribution in [0, 0.1) is 10.1 Å². The van der Waals surface area contributed by atoms with Gasteiger partial charge in [0.25, 0.3) is 5.69 Å². The zero-order chi connectivity index (χ0) is 17.6. The second-order valence-corrected chi connectivity index (χ2v) is 5.42. The number of nitro groups is 1. The third-order valence-corrected chi connectivity index (χ3v) is 3.63. The molecule has 2 aromatic heterocycles. The number of fused-ring (bicyclic) bond motifs is 1. The molecule has 0 atom stereocenters. The Morgan fingerprint density at radius 2 is 2.04 bits per heavy atom. The number of imidazole rings is 1. The zero-order valence-electron chi connectivity index (χ0n) is 13.3. The third kappa shape index (κ3) is 4.29. The van der Waals surface area contributed by atoms with Gasteiger partial charge in [-0.25, -0.2) is 4.98 Å². The molecule has 0 bridgehead atoms. The molecule has 3 aromatic rings. The van der Waals surface area contributed by atoms with E-state index >= 15 is 0 Å². The smallest absolute Gasteiger partial charge is 0.269 e. The summed E-state index contributed by atoms with van der Waals surface area (Å²) in [6, 6.07) is 11.8. The number of benzene rings is 1. The minimum absolute atomic E-state index is 0.0223. The Bertz CT molecular complexity index is 896. The third-order valence-electron chi connectivity index (χ3n) is 3.63. The average Bonchev–Trinajstić information content (AvgIpc) is 3.03. The van der Waals surface area contributed by atoms with Gasteiger partial charge in [-0.3, -0.25) is 14.9 Å². The van der Waals surface area contributed by atoms with Crippen LogP contribution in [0.3, 0.4) is 0 Å². The lowest BCUT2D eigenvalue weighted by atomic mass is 10.2. The van der Waals surface area contributed by atoms with E-state index in [2.05, 4.69) is 10.3 Å². The molecule has 2 heterocycles. The molecule has 0 aliphatic heterocycles. The highest BCUT2D eigenvalue weighted by Crippen LogP contribution is 2.12. The standard InChI is InChI=1S/C18H16N4O3/c23-18(9-6-14-4-7-16(8-5-14)22(24)25)19-11-10-15-13-21-12-2-1-3-17(21)20-15/h1-9,12-13H,10-11H2,(H,19,23)/b9-6+. The van der Waals surface area contributed by atoms with Crippen molar-refractivity contribution in [3.63, 3.8) is 0 Å². The number of pyridine rings is 1. The summed E-state index contributed by atoms with van der Waals surface area (Å²) in [4.78, 5) is 26.4. The lowest BCUT2D eigenvalue weighted by molar-refractivity contribution is -0.384. The van der Waals surface area contributed by atoms with Crippen LogP contribution < -0.4 is 5.32 Å². The maximum atomic E-state index is 11.8. The van der Waals surface area contributed by atoms with Crippen molar-refractivity contribution < 1.29 is 9.72 Å². The van der Waals surface area contributed by atoms with Gasteiger partial charge in [-0.1, -0.05) is 6.07 Å². The van der Waals surface area contributed by atoms with Crippen LogP contribution in [0.15, 0.2) is 60.9 Å². The van der Waals surface area contributed by atoms with E-state index in [0.29, 0.717) is 13.0 Å². The first-order valence-corrected chi connectivity index (χ1v) is 7.75. The minimum atomic E-state index is -0.459. The van der Waals surface area contributed by atoms with E-state index in [1.54, 1.807) is 18.2 Å². The van der Waals surface area contributed by atoms with Crippen molar-refractivity contribution in [2.24, 2.45) is 0 Å². The Kier molecular flexibility index (Phi) is 4.84. The van der Waals surface area contributed by atoms with Gasteiger partial charge < -0.3 is 9.72 Å². The van der Waals surface area contributed by atoms with E-state index in [1.165, 1.54) is 18.2 Å². The van der Waals surface area contributed by atoms with Crippen LogP contribution in [-0.2, 0) is 11.2 Å². The summed E-state index contributed by atoms with van der Waals surface area (Å²) in [5.41, 5.74) is 2.53. The highest BCUT2D eigenvalue weighted by molar-refractivity contribution is 5.91. The van der Waals surface area contributed by atoms with Gasteiger partial charge in [0, 0.05) is 43.6 Å².